The molecule has 26 heavy (non-hydrogen) atoms. The van der Waals surface area contributed by atoms with Gasteiger partial charge in [-0.15, -0.1) is 0 Å². The van der Waals surface area contributed by atoms with Crippen molar-refractivity contribution in [2.24, 2.45) is 0 Å². The fourth-order valence-electron chi connectivity index (χ4n) is 2.50. The van der Waals surface area contributed by atoms with E-state index in [0.29, 0.717) is 11.7 Å². The first kappa shape index (κ1) is 16.9. The third kappa shape index (κ3) is 3.66. The molecule has 0 atom stereocenters. The molecule has 2 heterocycles. The van der Waals surface area contributed by atoms with E-state index in [-0.39, 0.29) is 11.7 Å². The summed E-state index contributed by atoms with van der Waals surface area (Å²) in [5, 5.41) is 4.17. The van der Waals surface area contributed by atoms with Crippen molar-refractivity contribution in [1.29, 1.82) is 0 Å². The van der Waals surface area contributed by atoms with Crippen molar-refractivity contribution in [2.45, 2.75) is 12.1 Å². The summed E-state index contributed by atoms with van der Waals surface area (Å²) >= 11 is 2.80. The van der Waals surface area contributed by atoms with E-state index >= 15 is 0 Å². The molecule has 0 aliphatic heterocycles. The molecule has 2 aromatic carbocycles. The highest BCUT2D eigenvalue weighted by Gasteiger charge is 2.11. The van der Waals surface area contributed by atoms with Crippen LogP contribution in [0.2, 0.25) is 0 Å². The zero-order chi connectivity index (χ0) is 17.9. The molecule has 0 bridgehead atoms. The Hall–Kier alpha value is -2.58. The van der Waals surface area contributed by atoms with Crippen LogP contribution in [0, 0.1) is 0 Å². The number of nitrogens with zero attached hydrogens (tertiary/aromatic N) is 2. The number of carbonyl (C=O) groups excluding carboxylic acids is 1. The predicted molar refractivity (Wildman–Crippen MR) is 106 cm³/mol. The first-order valence-electron chi connectivity index (χ1n) is 8.12. The van der Waals surface area contributed by atoms with Gasteiger partial charge in [-0.2, -0.15) is 0 Å². The second kappa shape index (κ2) is 7.35. The molecule has 0 aliphatic rings. The summed E-state index contributed by atoms with van der Waals surface area (Å²) < 4.78 is 6.48. The van der Waals surface area contributed by atoms with Crippen LogP contribution in [-0.4, -0.2) is 33.2 Å². The number of rotatable bonds is 6. The molecule has 0 saturated heterocycles. The number of hydrogen-bond acceptors (Lipinski definition) is 6. The summed E-state index contributed by atoms with van der Waals surface area (Å²) in [5.74, 6) is 0.960. The topological polar surface area (TPSA) is 79.9 Å². The van der Waals surface area contributed by atoms with Crippen LogP contribution in [-0.2, 0) is 4.79 Å². The largest absolute Gasteiger partial charge is 0.494 e. The van der Waals surface area contributed by atoms with Gasteiger partial charge in [-0.05, 0) is 37.3 Å². The molecule has 8 heteroatoms. The van der Waals surface area contributed by atoms with Gasteiger partial charge >= 0.3 is 0 Å². The second-order valence-corrected chi connectivity index (χ2v) is 7.47. The highest BCUT2D eigenvalue weighted by atomic mass is 32.2. The summed E-state index contributed by atoms with van der Waals surface area (Å²) in [5.41, 5.74) is 2.71. The molecule has 4 rings (SSSR count). The van der Waals surface area contributed by atoms with Gasteiger partial charge in [-0.25, -0.2) is 9.97 Å². The SMILES string of the molecule is CCOc1ccc2nc(NC(=O)CSc3nc4ccccc4[nH]3)sc2c1. The van der Waals surface area contributed by atoms with Gasteiger partial charge in [0.05, 0.1) is 33.6 Å². The third-order valence-electron chi connectivity index (χ3n) is 3.62. The molecule has 132 valence electrons. The number of hydrogen-bond donors (Lipinski definition) is 2. The first-order chi connectivity index (χ1) is 12.7. The van der Waals surface area contributed by atoms with Crippen LogP contribution < -0.4 is 10.1 Å². The van der Waals surface area contributed by atoms with Crippen molar-refractivity contribution >= 4 is 55.4 Å². The Morgan fingerprint density at radius 3 is 2.96 bits per heavy atom. The van der Waals surface area contributed by atoms with Crippen molar-refractivity contribution in [3.05, 3.63) is 42.5 Å². The molecule has 0 fully saturated rings. The van der Waals surface area contributed by atoms with E-state index in [1.165, 1.54) is 23.1 Å². The Labute approximate surface area is 158 Å². The zero-order valence-electron chi connectivity index (χ0n) is 14.0. The maximum Gasteiger partial charge on any atom is 0.236 e. The van der Waals surface area contributed by atoms with Gasteiger partial charge in [0.25, 0.3) is 0 Å². The average molecular weight is 384 g/mol. The van der Waals surface area contributed by atoms with Gasteiger partial charge in [0.15, 0.2) is 10.3 Å². The van der Waals surface area contributed by atoms with E-state index in [1.807, 2.05) is 49.4 Å². The highest BCUT2D eigenvalue weighted by Crippen LogP contribution is 2.29. The lowest BCUT2D eigenvalue weighted by atomic mass is 10.3. The Balaban J connectivity index is 1.40. The van der Waals surface area contributed by atoms with E-state index in [9.17, 15) is 4.79 Å². The van der Waals surface area contributed by atoms with Crippen LogP contribution in [0.3, 0.4) is 0 Å². The summed E-state index contributed by atoms with van der Waals surface area (Å²) in [6, 6.07) is 13.5. The minimum Gasteiger partial charge on any atom is -0.494 e. The summed E-state index contributed by atoms with van der Waals surface area (Å²) in [6.45, 7) is 2.56. The number of aromatic amines is 1. The molecule has 0 spiro atoms. The number of H-pyrrole nitrogens is 1. The fourth-order valence-corrected chi connectivity index (χ4v) is 4.10. The molecular formula is C18H16N4O2S2. The number of ether oxygens (including phenoxy) is 1. The van der Waals surface area contributed by atoms with E-state index in [4.69, 9.17) is 4.74 Å². The van der Waals surface area contributed by atoms with E-state index in [1.54, 1.807) is 0 Å². The van der Waals surface area contributed by atoms with Crippen LogP contribution >= 0.6 is 23.1 Å². The molecule has 2 aromatic heterocycles. The van der Waals surface area contributed by atoms with Crippen LogP contribution in [0.1, 0.15) is 6.92 Å². The quantitative estimate of drug-likeness (QED) is 0.485. The third-order valence-corrected chi connectivity index (χ3v) is 5.43. The number of fused-ring (bicyclic) bond motifs is 2. The number of anilines is 1. The van der Waals surface area contributed by atoms with Crippen LogP contribution in [0.5, 0.6) is 5.75 Å². The number of imidazole rings is 1. The number of amides is 1. The molecular weight excluding hydrogens is 368 g/mol. The minimum absolute atomic E-state index is 0.112. The lowest BCUT2D eigenvalue weighted by molar-refractivity contribution is -0.113. The van der Waals surface area contributed by atoms with Gasteiger partial charge in [0.2, 0.25) is 5.91 Å². The van der Waals surface area contributed by atoms with Crippen LogP contribution in [0.4, 0.5) is 5.13 Å². The Bertz CT molecular complexity index is 1040. The molecule has 0 aliphatic carbocycles. The summed E-state index contributed by atoms with van der Waals surface area (Å²) in [4.78, 5) is 24.3. The number of para-hydroxylation sites is 2. The maximum absolute atomic E-state index is 12.2. The van der Waals surface area contributed by atoms with E-state index in [2.05, 4.69) is 20.3 Å². The first-order valence-corrected chi connectivity index (χ1v) is 9.92. The van der Waals surface area contributed by atoms with E-state index in [0.717, 1.165) is 32.2 Å². The normalized spacial score (nSPS) is 11.1. The second-order valence-electron chi connectivity index (χ2n) is 5.48. The number of benzene rings is 2. The summed E-state index contributed by atoms with van der Waals surface area (Å²) in [6.07, 6.45) is 0. The van der Waals surface area contributed by atoms with Crippen molar-refractivity contribution in [3.63, 3.8) is 0 Å². The molecule has 0 saturated carbocycles. The maximum atomic E-state index is 12.2. The van der Waals surface area contributed by atoms with Crippen molar-refractivity contribution in [2.75, 3.05) is 17.7 Å². The number of thiazole rings is 1. The van der Waals surface area contributed by atoms with Gasteiger partial charge < -0.3 is 15.0 Å². The Morgan fingerprint density at radius 2 is 2.12 bits per heavy atom. The smallest absolute Gasteiger partial charge is 0.236 e. The zero-order valence-corrected chi connectivity index (χ0v) is 15.6. The minimum atomic E-state index is -0.112. The highest BCUT2D eigenvalue weighted by molar-refractivity contribution is 7.99. The number of thioether (sulfide) groups is 1. The van der Waals surface area contributed by atoms with Crippen molar-refractivity contribution in [1.82, 2.24) is 15.0 Å². The van der Waals surface area contributed by atoms with Gasteiger partial charge in [0, 0.05) is 0 Å². The summed E-state index contributed by atoms with van der Waals surface area (Å²) in [7, 11) is 0. The van der Waals surface area contributed by atoms with Gasteiger partial charge in [0.1, 0.15) is 5.75 Å². The Kier molecular flexibility index (Phi) is 4.77. The average Bonchev–Trinajstić information content (AvgIpc) is 3.22. The van der Waals surface area contributed by atoms with E-state index < -0.39 is 0 Å². The molecule has 4 aromatic rings. The standard InChI is InChI=1S/C18H16N4O2S2/c1-2-24-11-7-8-14-15(9-11)26-18(21-14)22-16(23)10-25-17-19-12-5-3-4-6-13(12)20-17/h3-9H,2,10H2,1H3,(H,19,20)(H,21,22,23). The lowest BCUT2D eigenvalue weighted by Crippen LogP contribution is -2.13. The number of carbonyl (C=O) groups is 1. The van der Waals surface area contributed by atoms with Crippen LogP contribution in [0.25, 0.3) is 21.3 Å². The van der Waals surface area contributed by atoms with Crippen LogP contribution in [0.15, 0.2) is 47.6 Å². The molecule has 1 amide bonds. The lowest BCUT2D eigenvalue weighted by Gasteiger charge is -2.00. The number of aromatic nitrogens is 3. The van der Waals surface area contributed by atoms with Crippen molar-refractivity contribution in [3.8, 4) is 5.75 Å². The molecule has 0 radical (unpaired) electrons. The predicted octanol–water partition coefficient (Wildman–Crippen LogP) is 4.30. The molecule has 6 nitrogen and oxygen atoms in total. The Morgan fingerprint density at radius 1 is 1.23 bits per heavy atom. The fraction of sp³-hybridized carbons (Fsp3) is 0.167. The number of nitrogens with one attached hydrogen (secondary N) is 2. The van der Waals surface area contributed by atoms with Crippen molar-refractivity contribution < 1.29 is 9.53 Å². The van der Waals surface area contributed by atoms with Gasteiger partial charge in [-0.3, -0.25) is 4.79 Å². The monoisotopic (exact) mass is 384 g/mol. The van der Waals surface area contributed by atoms with Gasteiger partial charge in [-0.1, -0.05) is 35.2 Å². The molecule has 0 unspecified atom stereocenters. The molecule has 2 N–H and O–H groups in total.